The molecule has 1 N–H and O–H groups in total. The number of nitrogens with zero attached hydrogens (tertiary/aromatic N) is 1. The van der Waals surface area contributed by atoms with Gasteiger partial charge in [-0.3, -0.25) is 0 Å². The van der Waals surface area contributed by atoms with Crippen molar-refractivity contribution in [1.82, 2.24) is 9.62 Å². The van der Waals surface area contributed by atoms with E-state index in [4.69, 9.17) is 0 Å². The van der Waals surface area contributed by atoms with Crippen molar-refractivity contribution in [2.45, 2.75) is 56.2 Å². The lowest BCUT2D eigenvalue weighted by molar-refractivity contribution is 0.145. The molecule has 0 spiro atoms. The lowest BCUT2D eigenvalue weighted by Gasteiger charge is -2.35. The number of sulfonamides is 1. The summed E-state index contributed by atoms with van der Waals surface area (Å²) >= 11 is 0. The van der Waals surface area contributed by atoms with Crippen molar-refractivity contribution < 1.29 is 12.8 Å². The molecule has 0 amide bonds. The first-order valence-corrected chi connectivity index (χ1v) is 13.1. The van der Waals surface area contributed by atoms with Crippen LogP contribution < -0.4 is 4.72 Å². The van der Waals surface area contributed by atoms with Crippen molar-refractivity contribution in [2.75, 3.05) is 19.6 Å². The molecule has 2 aromatic carbocycles. The summed E-state index contributed by atoms with van der Waals surface area (Å²) in [5.41, 5.74) is 4.05. The molecule has 2 unspecified atom stereocenters. The van der Waals surface area contributed by atoms with Crippen molar-refractivity contribution in [2.24, 2.45) is 5.92 Å². The first-order chi connectivity index (χ1) is 15.0. The van der Waals surface area contributed by atoms with E-state index >= 15 is 0 Å². The van der Waals surface area contributed by atoms with Crippen LogP contribution in [0.25, 0.3) is 0 Å². The zero-order valence-electron chi connectivity index (χ0n) is 17.9. The van der Waals surface area contributed by atoms with Gasteiger partial charge in [-0.1, -0.05) is 42.8 Å². The van der Waals surface area contributed by atoms with E-state index in [0.29, 0.717) is 30.2 Å². The highest BCUT2D eigenvalue weighted by atomic mass is 32.2. The maximum absolute atomic E-state index is 14.9. The third-order valence-electron chi connectivity index (χ3n) is 7.45. The Kier molecular flexibility index (Phi) is 5.88. The Labute approximate surface area is 184 Å². The van der Waals surface area contributed by atoms with Crippen LogP contribution in [-0.2, 0) is 29.4 Å². The predicted molar refractivity (Wildman–Crippen MR) is 121 cm³/mol. The highest BCUT2D eigenvalue weighted by Crippen LogP contribution is 2.42. The van der Waals surface area contributed by atoms with Crippen LogP contribution in [-0.4, -0.2) is 38.2 Å². The fraction of sp³-hybridized carbons (Fsp3) is 0.520. The van der Waals surface area contributed by atoms with Gasteiger partial charge in [-0.2, -0.15) is 0 Å². The minimum absolute atomic E-state index is 0.0345. The summed E-state index contributed by atoms with van der Waals surface area (Å²) in [6.45, 7) is 3.41. The number of fused-ring (bicyclic) bond motifs is 1. The fourth-order valence-corrected chi connectivity index (χ4v) is 6.77. The molecule has 31 heavy (non-hydrogen) atoms. The summed E-state index contributed by atoms with van der Waals surface area (Å²) in [7, 11) is -3.36. The molecule has 2 atom stereocenters. The number of halogens is 1. The van der Waals surface area contributed by atoms with Crippen LogP contribution in [0.3, 0.4) is 0 Å². The highest BCUT2D eigenvalue weighted by molar-refractivity contribution is 7.90. The van der Waals surface area contributed by atoms with Gasteiger partial charge in [0, 0.05) is 18.7 Å². The number of benzene rings is 2. The van der Waals surface area contributed by atoms with Gasteiger partial charge in [-0.25, -0.2) is 17.5 Å². The van der Waals surface area contributed by atoms with Crippen molar-refractivity contribution in [3.63, 3.8) is 0 Å². The zero-order chi connectivity index (χ0) is 21.4. The Bertz CT molecular complexity index is 1030. The largest absolute Gasteiger partial charge is 0.303 e. The van der Waals surface area contributed by atoms with Crippen molar-refractivity contribution in [1.29, 1.82) is 0 Å². The van der Waals surface area contributed by atoms with Crippen LogP contribution in [0.2, 0.25) is 0 Å². The van der Waals surface area contributed by atoms with Crippen LogP contribution in [0.15, 0.2) is 42.5 Å². The molecule has 0 aromatic heterocycles. The van der Waals surface area contributed by atoms with E-state index < -0.39 is 10.0 Å². The van der Waals surface area contributed by atoms with Gasteiger partial charge in [0.2, 0.25) is 10.0 Å². The molecular formula is C25H31FN2O2S. The average Bonchev–Trinajstić information content (AvgIpc) is 2.98. The van der Waals surface area contributed by atoms with E-state index in [1.807, 2.05) is 12.1 Å². The van der Waals surface area contributed by atoms with Gasteiger partial charge in [0.25, 0.3) is 0 Å². The molecule has 1 aliphatic heterocycles. The molecular weight excluding hydrogens is 411 g/mol. The minimum Gasteiger partial charge on any atom is -0.303 e. The summed E-state index contributed by atoms with van der Waals surface area (Å²) in [5, 5.41) is -0.309. The monoisotopic (exact) mass is 442 g/mol. The molecule has 2 aliphatic carbocycles. The molecule has 166 valence electrons. The molecule has 1 heterocycles. The summed E-state index contributed by atoms with van der Waals surface area (Å²) in [4.78, 5) is 2.50. The summed E-state index contributed by atoms with van der Waals surface area (Å²) in [6.07, 6.45) is 5.47. The normalized spacial score (nSPS) is 23.9. The second kappa shape index (κ2) is 8.64. The number of hydrogen-bond acceptors (Lipinski definition) is 3. The van der Waals surface area contributed by atoms with E-state index in [0.717, 1.165) is 44.5 Å². The zero-order valence-corrected chi connectivity index (χ0v) is 18.7. The Balaban J connectivity index is 1.39. The van der Waals surface area contributed by atoms with E-state index in [2.05, 4.69) is 33.9 Å². The van der Waals surface area contributed by atoms with Crippen LogP contribution in [0.1, 0.15) is 53.9 Å². The first kappa shape index (κ1) is 21.1. The summed E-state index contributed by atoms with van der Waals surface area (Å²) in [6, 6.07) is 14.1. The number of rotatable bonds is 8. The molecule has 0 radical (unpaired) electrons. The third kappa shape index (κ3) is 4.43. The van der Waals surface area contributed by atoms with Gasteiger partial charge < -0.3 is 4.90 Å². The van der Waals surface area contributed by atoms with Gasteiger partial charge in [0.05, 0.1) is 5.25 Å². The van der Waals surface area contributed by atoms with Crippen LogP contribution in [0.5, 0.6) is 0 Å². The smallest absolute Gasteiger partial charge is 0.214 e. The molecule has 3 aliphatic rings. The Hall–Kier alpha value is -1.76. The van der Waals surface area contributed by atoms with Crippen LogP contribution in [0, 0.1) is 11.7 Å². The molecule has 0 bridgehead atoms. The van der Waals surface area contributed by atoms with E-state index in [-0.39, 0.29) is 17.6 Å². The summed E-state index contributed by atoms with van der Waals surface area (Å²) in [5.74, 6) is 0.510. The van der Waals surface area contributed by atoms with Gasteiger partial charge in [-0.05, 0) is 79.8 Å². The van der Waals surface area contributed by atoms with E-state index in [1.54, 1.807) is 6.07 Å². The first-order valence-electron chi connectivity index (χ1n) is 11.6. The fourth-order valence-electron chi connectivity index (χ4n) is 5.22. The molecule has 2 aromatic rings. The molecule has 1 saturated carbocycles. The van der Waals surface area contributed by atoms with Crippen LogP contribution >= 0.6 is 0 Å². The maximum Gasteiger partial charge on any atom is 0.214 e. The second-order valence-electron chi connectivity index (χ2n) is 9.48. The Morgan fingerprint density at radius 1 is 1.06 bits per heavy atom. The Morgan fingerprint density at radius 2 is 1.84 bits per heavy atom. The lowest BCUT2D eigenvalue weighted by Crippen LogP contribution is -2.41. The molecule has 5 rings (SSSR count). The second-order valence-corrected chi connectivity index (χ2v) is 11.5. The SMILES string of the molecule is O=S(=O)(NCc1cc2c(cc1F)CC(CN1CCC1)C2Cc1ccccc1)C1CCC1. The lowest BCUT2D eigenvalue weighted by atomic mass is 9.85. The van der Waals surface area contributed by atoms with Crippen LogP contribution in [0.4, 0.5) is 4.39 Å². The summed E-state index contributed by atoms with van der Waals surface area (Å²) < 4.78 is 42.4. The molecule has 2 fully saturated rings. The van der Waals surface area contributed by atoms with Gasteiger partial charge in [0.1, 0.15) is 5.82 Å². The van der Waals surface area contributed by atoms with Crippen molar-refractivity contribution >= 4 is 10.0 Å². The average molecular weight is 443 g/mol. The maximum atomic E-state index is 14.9. The molecule has 1 saturated heterocycles. The quantitative estimate of drug-likeness (QED) is 0.672. The number of likely N-dealkylation sites (tertiary alicyclic amines) is 1. The van der Waals surface area contributed by atoms with Crippen molar-refractivity contribution in [3.05, 3.63) is 70.5 Å². The van der Waals surface area contributed by atoms with E-state index in [9.17, 15) is 12.8 Å². The predicted octanol–water partition coefficient (Wildman–Crippen LogP) is 4.00. The number of nitrogens with one attached hydrogen (secondary N) is 1. The van der Waals surface area contributed by atoms with Gasteiger partial charge in [-0.15, -0.1) is 0 Å². The minimum atomic E-state index is -3.36. The third-order valence-corrected chi connectivity index (χ3v) is 9.35. The van der Waals surface area contributed by atoms with Gasteiger partial charge >= 0.3 is 0 Å². The number of hydrogen-bond donors (Lipinski definition) is 1. The molecule has 4 nitrogen and oxygen atoms in total. The highest BCUT2D eigenvalue weighted by Gasteiger charge is 2.36. The standard InChI is InChI=1S/C25H31FN2O2S/c26-25-15-19-13-21(17-28-10-5-11-28)23(12-18-6-2-1-3-7-18)24(19)14-20(25)16-27-31(29,30)22-8-4-9-22/h1-3,6-7,14-15,21-23,27H,4-5,8-13,16-17H2. The topological polar surface area (TPSA) is 49.4 Å². The van der Waals surface area contributed by atoms with E-state index in [1.165, 1.54) is 17.5 Å². The van der Waals surface area contributed by atoms with Gasteiger partial charge in [0.15, 0.2) is 0 Å². The Morgan fingerprint density at radius 3 is 2.48 bits per heavy atom. The molecule has 6 heteroatoms. The van der Waals surface area contributed by atoms with Crippen molar-refractivity contribution in [3.8, 4) is 0 Å².